The smallest absolute Gasteiger partial charge is 0.244 e. The molecule has 0 spiro atoms. The molecule has 0 heterocycles. The van der Waals surface area contributed by atoms with E-state index in [4.69, 9.17) is 0 Å². The molecule has 0 radical (unpaired) electrons. The van der Waals surface area contributed by atoms with Crippen LogP contribution < -0.4 is 5.32 Å². The van der Waals surface area contributed by atoms with Crippen molar-refractivity contribution in [2.45, 2.75) is 19.4 Å². The molecule has 0 aromatic heterocycles. The van der Waals surface area contributed by atoms with E-state index < -0.39 is 0 Å². The molecule has 0 saturated carbocycles. The minimum absolute atomic E-state index is 0.0843. The summed E-state index contributed by atoms with van der Waals surface area (Å²) in [6, 6.07) is 17.2. The number of hydrogen-bond acceptors (Lipinski definition) is 3. The predicted octanol–water partition coefficient (Wildman–Crippen LogP) is 3.08. The van der Waals surface area contributed by atoms with Crippen molar-refractivity contribution in [3.8, 4) is 5.75 Å². The van der Waals surface area contributed by atoms with Gasteiger partial charge in [0.1, 0.15) is 5.75 Å². The first kappa shape index (κ1) is 18.7. The molecule has 4 nitrogen and oxygen atoms in total. The lowest BCUT2D eigenvalue weighted by atomic mass is 10.0. The van der Waals surface area contributed by atoms with Crippen LogP contribution in [0.25, 0.3) is 5.57 Å². The SMILES string of the molecule is C/C(=C\C(=O)NC[C@H](Cc1ccc(O)cc1)N(C)C)c1ccccc1. The molecule has 1 amide bonds. The zero-order valence-corrected chi connectivity index (χ0v) is 15.1. The molecule has 2 aromatic carbocycles. The third-order valence-electron chi connectivity index (χ3n) is 4.23. The average Bonchev–Trinajstić information content (AvgIpc) is 2.60. The molecule has 0 bridgehead atoms. The monoisotopic (exact) mass is 338 g/mol. The first-order valence-corrected chi connectivity index (χ1v) is 8.41. The highest BCUT2D eigenvalue weighted by Crippen LogP contribution is 2.13. The van der Waals surface area contributed by atoms with Crippen LogP contribution in [0.15, 0.2) is 60.7 Å². The van der Waals surface area contributed by atoms with Crippen molar-refractivity contribution < 1.29 is 9.90 Å². The van der Waals surface area contributed by atoms with Crippen LogP contribution >= 0.6 is 0 Å². The Morgan fingerprint density at radius 1 is 1.12 bits per heavy atom. The van der Waals surface area contributed by atoms with Crippen molar-refractivity contribution in [1.29, 1.82) is 0 Å². The Balaban J connectivity index is 1.94. The number of hydrogen-bond donors (Lipinski definition) is 2. The predicted molar refractivity (Wildman–Crippen MR) is 102 cm³/mol. The summed E-state index contributed by atoms with van der Waals surface area (Å²) in [6.07, 6.45) is 2.44. The number of nitrogens with one attached hydrogen (secondary N) is 1. The quantitative estimate of drug-likeness (QED) is 0.763. The summed E-state index contributed by atoms with van der Waals surface area (Å²) >= 11 is 0. The second-order valence-electron chi connectivity index (χ2n) is 6.43. The van der Waals surface area contributed by atoms with Gasteiger partial charge >= 0.3 is 0 Å². The molecule has 1 atom stereocenters. The highest BCUT2D eigenvalue weighted by Gasteiger charge is 2.13. The van der Waals surface area contributed by atoms with Gasteiger partial charge in [0.15, 0.2) is 0 Å². The van der Waals surface area contributed by atoms with Gasteiger partial charge in [-0.3, -0.25) is 4.79 Å². The lowest BCUT2D eigenvalue weighted by molar-refractivity contribution is -0.116. The maximum absolute atomic E-state index is 12.2. The van der Waals surface area contributed by atoms with Gasteiger partial charge in [-0.1, -0.05) is 42.5 Å². The molecule has 2 rings (SSSR count). The molecule has 0 aliphatic rings. The minimum atomic E-state index is -0.0843. The highest BCUT2D eigenvalue weighted by atomic mass is 16.3. The second-order valence-corrected chi connectivity index (χ2v) is 6.43. The molecule has 0 fully saturated rings. The van der Waals surface area contributed by atoms with Gasteiger partial charge in [-0.05, 0) is 56.3 Å². The molecular weight excluding hydrogens is 312 g/mol. The van der Waals surface area contributed by atoms with Crippen molar-refractivity contribution in [2.75, 3.05) is 20.6 Å². The number of phenols is 1. The lowest BCUT2D eigenvalue weighted by Crippen LogP contribution is -2.41. The Labute approximate surface area is 149 Å². The standard InChI is InChI=1S/C21H26N2O2/c1-16(18-7-5-4-6-8-18)13-21(25)22-15-19(23(2)3)14-17-9-11-20(24)12-10-17/h4-13,19,24H,14-15H2,1-3H3,(H,22,25)/b16-13+/t19-/m0/s1. The van der Waals surface area contributed by atoms with Crippen LogP contribution in [0.5, 0.6) is 5.75 Å². The summed E-state index contributed by atoms with van der Waals surface area (Å²) in [6.45, 7) is 2.50. The number of benzene rings is 2. The number of aromatic hydroxyl groups is 1. The zero-order chi connectivity index (χ0) is 18.2. The fraction of sp³-hybridized carbons (Fsp3) is 0.286. The van der Waals surface area contributed by atoms with Crippen molar-refractivity contribution in [3.05, 3.63) is 71.8 Å². The van der Waals surface area contributed by atoms with Crippen LogP contribution in [0.1, 0.15) is 18.1 Å². The summed E-state index contributed by atoms with van der Waals surface area (Å²) in [5.74, 6) is 0.180. The third kappa shape index (κ3) is 6.08. The number of carbonyl (C=O) groups excluding carboxylic acids is 1. The number of amides is 1. The molecule has 0 aliphatic carbocycles. The summed E-state index contributed by atoms with van der Waals surface area (Å²) in [5.41, 5.74) is 3.12. The lowest BCUT2D eigenvalue weighted by Gasteiger charge is -2.24. The molecule has 2 N–H and O–H groups in total. The van der Waals surface area contributed by atoms with E-state index in [1.807, 2.05) is 63.5 Å². The van der Waals surface area contributed by atoms with Crippen LogP contribution in [0.3, 0.4) is 0 Å². The Hall–Kier alpha value is -2.59. The van der Waals surface area contributed by atoms with E-state index in [2.05, 4.69) is 10.2 Å². The van der Waals surface area contributed by atoms with Gasteiger partial charge in [0.2, 0.25) is 5.91 Å². The Morgan fingerprint density at radius 3 is 2.36 bits per heavy atom. The van der Waals surface area contributed by atoms with Crippen LogP contribution in [0.2, 0.25) is 0 Å². The topological polar surface area (TPSA) is 52.6 Å². The minimum Gasteiger partial charge on any atom is -0.508 e. The normalized spacial score (nSPS) is 12.9. The van der Waals surface area contributed by atoms with Gasteiger partial charge in [0.05, 0.1) is 0 Å². The summed E-state index contributed by atoms with van der Waals surface area (Å²) < 4.78 is 0. The van der Waals surface area contributed by atoms with E-state index in [1.165, 1.54) is 0 Å². The molecule has 2 aromatic rings. The van der Waals surface area contributed by atoms with E-state index in [0.717, 1.165) is 23.1 Å². The Bertz CT molecular complexity index is 706. The summed E-state index contributed by atoms with van der Waals surface area (Å²) in [5, 5.41) is 12.4. The first-order chi connectivity index (χ1) is 12.0. The maximum Gasteiger partial charge on any atom is 0.244 e. The number of likely N-dealkylation sites (N-methyl/N-ethyl adjacent to an activating group) is 1. The number of nitrogens with zero attached hydrogens (tertiary/aromatic N) is 1. The molecule has 0 aliphatic heterocycles. The molecule has 25 heavy (non-hydrogen) atoms. The van der Waals surface area contributed by atoms with E-state index in [1.54, 1.807) is 18.2 Å². The molecular formula is C21H26N2O2. The molecule has 4 heteroatoms. The van der Waals surface area contributed by atoms with Crippen LogP contribution in [-0.2, 0) is 11.2 Å². The summed E-state index contributed by atoms with van der Waals surface area (Å²) in [7, 11) is 4.00. The third-order valence-corrected chi connectivity index (χ3v) is 4.23. The van der Waals surface area contributed by atoms with Gasteiger partial charge in [-0.25, -0.2) is 0 Å². The maximum atomic E-state index is 12.2. The fourth-order valence-corrected chi connectivity index (χ4v) is 2.59. The first-order valence-electron chi connectivity index (χ1n) is 8.41. The van der Waals surface area contributed by atoms with Crippen LogP contribution in [0.4, 0.5) is 0 Å². The van der Waals surface area contributed by atoms with Crippen molar-refractivity contribution in [3.63, 3.8) is 0 Å². The van der Waals surface area contributed by atoms with Gasteiger partial charge in [-0.15, -0.1) is 0 Å². The van der Waals surface area contributed by atoms with E-state index in [9.17, 15) is 9.90 Å². The molecule has 0 unspecified atom stereocenters. The van der Waals surface area contributed by atoms with Crippen molar-refractivity contribution >= 4 is 11.5 Å². The number of allylic oxidation sites excluding steroid dienone is 1. The number of rotatable bonds is 7. The molecule has 0 saturated heterocycles. The van der Waals surface area contributed by atoms with Gasteiger partial charge in [0, 0.05) is 18.7 Å². The second kappa shape index (κ2) is 9.04. The molecule has 132 valence electrons. The Kier molecular flexibility index (Phi) is 6.78. The van der Waals surface area contributed by atoms with Crippen molar-refractivity contribution in [2.24, 2.45) is 0 Å². The van der Waals surface area contributed by atoms with Crippen LogP contribution in [0, 0.1) is 0 Å². The fourth-order valence-electron chi connectivity index (χ4n) is 2.59. The zero-order valence-electron chi connectivity index (χ0n) is 15.1. The van der Waals surface area contributed by atoms with E-state index in [0.29, 0.717) is 6.54 Å². The van der Waals surface area contributed by atoms with Gasteiger partial charge < -0.3 is 15.3 Å². The van der Waals surface area contributed by atoms with Gasteiger partial charge in [0.25, 0.3) is 0 Å². The van der Waals surface area contributed by atoms with Crippen molar-refractivity contribution in [1.82, 2.24) is 10.2 Å². The largest absolute Gasteiger partial charge is 0.508 e. The number of phenolic OH excluding ortho intramolecular Hbond substituents is 1. The summed E-state index contributed by atoms with van der Waals surface area (Å²) in [4.78, 5) is 14.3. The van der Waals surface area contributed by atoms with Crippen LogP contribution in [-0.4, -0.2) is 42.6 Å². The Morgan fingerprint density at radius 2 is 1.76 bits per heavy atom. The van der Waals surface area contributed by atoms with Gasteiger partial charge in [-0.2, -0.15) is 0 Å². The average molecular weight is 338 g/mol. The van der Waals surface area contributed by atoms with E-state index in [-0.39, 0.29) is 17.7 Å². The van der Waals surface area contributed by atoms with E-state index >= 15 is 0 Å². The highest BCUT2D eigenvalue weighted by molar-refractivity contribution is 5.94. The number of carbonyl (C=O) groups is 1.